The van der Waals surface area contributed by atoms with E-state index < -0.39 is 13.0 Å². The molecule has 0 aromatic rings. The minimum atomic E-state index is -2.43. The van der Waals surface area contributed by atoms with E-state index in [2.05, 4.69) is 26.0 Å². The van der Waals surface area contributed by atoms with Crippen LogP contribution in [0.25, 0.3) is 0 Å². The fourth-order valence-corrected chi connectivity index (χ4v) is 6.58. The summed E-state index contributed by atoms with van der Waals surface area (Å²) in [7, 11) is 3.67. The zero-order valence-corrected chi connectivity index (χ0v) is 25.5. The molecular weight excluding hydrogens is 449 g/mol. The van der Waals surface area contributed by atoms with E-state index in [1.54, 1.807) is 0 Å². The van der Waals surface area contributed by atoms with Crippen molar-refractivity contribution >= 4 is 7.68 Å². The van der Waals surface area contributed by atoms with Gasteiger partial charge in [0.25, 0.3) is 0 Å². The number of nitrogens with zero attached hydrogens (tertiary/aromatic N) is 1. The van der Waals surface area contributed by atoms with Gasteiger partial charge in [-0.2, -0.15) is 0 Å². The number of unbranched alkanes of at least 4 members (excludes halogenated alkanes) is 18. The fourth-order valence-electron chi connectivity index (χ4n) is 5.34. The van der Waals surface area contributed by atoms with E-state index in [1.165, 1.54) is 116 Å². The van der Waals surface area contributed by atoms with E-state index in [-0.39, 0.29) is 0 Å². The second kappa shape index (κ2) is 22.8. The van der Waals surface area contributed by atoms with Crippen LogP contribution in [0, 0.1) is 0 Å². The van der Waals surface area contributed by atoms with Gasteiger partial charge in [-0.1, -0.05) is 122 Å². The van der Waals surface area contributed by atoms with Crippen LogP contribution in [0.15, 0.2) is 12.2 Å². The average molecular weight is 513 g/mol. The number of hydrogen-bond donors (Lipinski definition) is 0. The Morgan fingerprint density at radius 2 is 0.886 bits per heavy atom. The Balaban J connectivity index is 3.57. The minimum Gasteiger partial charge on any atom is -0.314 e. The standard InChI is InChI=1S/C31H63NO2P/c1-6-8-9-10-11-12-13-14-15-16-17-18-19-20-21-22-23-24-25-26-27-28-30-31(29-7-2,35(33)34)32(3,4)5/h21-22H,6-20,23-30H2,1-5H3/q+1. The van der Waals surface area contributed by atoms with Crippen LogP contribution in [0.1, 0.15) is 162 Å². The highest BCUT2D eigenvalue weighted by molar-refractivity contribution is 7.32. The molecule has 0 fully saturated rings. The van der Waals surface area contributed by atoms with Crippen LogP contribution in [0.2, 0.25) is 0 Å². The van der Waals surface area contributed by atoms with Gasteiger partial charge in [0.15, 0.2) is 0 Å². The Kier molecular flexibility index (Phi) is 22.5. The van der Waals surface area contributed by atoms with Crippen molar-refractivity contribution in [2.24, 2.45) is 0 Å². The zero-order chi connectivity index (χ0) is 26.3. The first-order chi connectivity index (χ1) is 16.8. The number of hydrogen-bond acceptors (Lipinski definition) is 2. The topological polar surface area (TPSA) is 34.1 Å². The second-order valence-corrected chi connectivity index (χ2v) is 13.2. The van der Waals surface area contributed by atoms with E-state index in [4.69, 9.17) is 0 Å². The molecule has 0 radical (unpaired) electrons. The van der Waals surface area contributed by atoms with Crippen molar-refractivity contribution < 1.29 is 13.6 Å². The molecule has 3 nitrogen and oxygen atoms in total. The van der Waals surface area contributed by atoms with E-state index in [0.717, 1.165) is 32.1 Å². The highest BCUT2D eigenvalue weighted by atomic mass is 31.1. The quantitative estimate of drug-likeness (QED) is 0.0500. The van der Waals surface area contributed by atoms with Crippen LogP contribution in [0.3, 0.4) is 0 Å². The van der Waals surface area contributed by atoms with Crippen molar-refractivity contribution in [3.8, 4) is 0 Å². The zero-order valence-electron chi connectivity index (χ0n) is 24.6. The van der Waals surface area contributed by atoms with Crippen LogP contribution in [0.4, 0.5) is 0 Å². The van der Waals surface area contributed by atoms with E-state index in [1.807, 2.05) is 21.1 Å². The Labute approximate surface area is 221 Å². The van der Waals surface area contributed by atoms with Crippen LogP contribution in [-0.2, 0) is 9.13 Å². The fraction of sp³-hybridized carbons (Fsp3) is 0.935. The van der Waals surface area contributed by atoms with Gasteiger partial charge in [-0.15, -0.1) is 0 Å². The summed E-state index contributed by atoms with van der Waals surface area (Å²) in [6, 6.07) is 0. The molecule has 0 rings (SSSR count). The largest absolute Gasteiger partial charge is 0.378 e. The Morgan fingerprint density at radius 1 is 0.514 bits per heavy atom. The van der Waals surface area contributed by atoms with Crippen molar-refractivity contribution in [2.45, 2.75) is 167 Å². The average Bonchev–Trinajstić information content (AvgIpc) is 2.80. The summed E-state index contributed by atoms with van der Waals surface area (Å²) >= 11 is 0. The predicted molar refractivity (Wildman–Crippen MR) is 156 cm³/mol. The summed E-state index contributed by atoms with van der Waals surface area (Å²) in [5.41, 5.74) is 0. The Bertz CT molecular complexity index is 557. The normalized spacial score (nSPS) is 14.0. The summed E-state index contributed by atoms with van der Waals surface area (Å²) < 4.78 is 24.8. The van der Waals surface area contributed by atoms with Crippen molar-refractivity contribution in [1.82, 2.24) is 0 Å². The van der Waals surface area contributed by atoms with Crippen molar-refractivity contribution in [3.05, 3.63) is 12.2 Å². The lowest BCUT2D eigenvalue weighted by Crippen LogP contribution is -2.53. The molecule has 0 saturated carbocycles. The molecular formula is C31H63NO2P+. The monoisotopic (exact) mass is 512 g/mol. The van der Waals surface area contributed by atoms with Gasteiger partial charge >= 0.3 is 7.68 Å². The molecule has 35 heavy (non-hydrogen) atoms. The molecule has 0 heterocycles. The lowest BCUT2D eigenvalue weighted by atomic mass is 9.99. The lowest BCUT2D eigenvalue weighted by molar-refractivity contribution is -0.908. The molecule has 0 spiro atoms. The molecule has 208 valence electrons. The van der Waals surface area contributed by atoms with Crippen molar-refractivity contribution in [3.63, 3.8) is 0 Å². The van der Waals surface area contributed by atoms with Crippen LogP contribution in [0.5, 0.6) is 0 Å². The first-order valence-electron chi connectivity index (χ1n) is 15.4. The van der Waals surface area contributed by atoms with E-state index >= 15 is 0 Å². The molecule has 0 amide bonds. The van der Waals surface area contributed by atoms with Gasteiger partial charge in [0.05, 0.1) is 21.1 Å². The first kappa shape index (κ1) is 34.6. The van der Waals surface area contributed by atoms with Gasteiger partial charge in [-0.05, 0) is 38.5 Å². The first-order valence-corrected chi connectivity index (χ1v) is 16.6. The molecule has 0 N–H and O–H groups in total. The molecule has 1 atom stereocenters. The summed E-state index contributed by atoms with van der Waals surface area (Å²) in [5.74, 6) is 0. The summed E-state index contributed by atoms with van der Waals surface area (Å²) in [4.78, 5) is 0. The molecule has 0 aliphatic heterocycles. The summed E-state index contributed by atoms with van der Waals surface area (Å²) in [6.45, 7) is 4.38. The number of allylic oxidation sites excluding steroid dienone is 2. The van der Waals surface area contributed by atoms with Crippen molar-refractivity contribution in [2.75, 3.05) is 21.1 Å². The van der Waals surface area contributed by atoms with Crippen LogP contribution < -0.4 is 0 Å². The van der Waals surface area contributed by atoms with Gasteiger partial charge in [0.1, 0.15) is 0 Å². The molecule has 0 saturated heterocycles. The van der Waals surface area contributed by atoms with Gasteiger partial charge < -0.3 is 4.48 Å². The molecule has 0 aromatic carbocycles. The van der Waals surface area contributed by atoms with Crippen molar-refractivity contribution in [1.29, 1.82) is 0 Å². The molecule has 4 heteroatoms. The third kappa shape index (κ3) is 17.6. The summed E-state index contributed by atoms with van der Waals surface area (Å²) in [5, 5.41) is -0.597. The second-order valence-electron chi connectivity index (χ2n) is 11.8. The SMILES string of the molecule is CCCCCCCCCCCCCCCC=CCCCCCCCC(CCC)(P(=O)=O)[N+](C)(C)C. The van der Waals surface area contributed by atoms with E-state index in [9.17, 15) is 9.13 Å². The molecule has 0 aliphatic carbocycles. The van der Waals surface area contributed by atoms with Gasteiger partial charge in [-0.25, -0.2) is 9.13 Å². The number of rotatable bonds is 26. The van der Waals surface area contributed by atoms with Crippen LogP contribution in [-0.4, -0.2) is 30.9 Å². The maximum absolute atomic E-state index is 12.1. The molecule has 0 bridgehead atoms. The third-order valence-electron chi connectivity index (χ3n) is 7.83. The molecule has 1 unspecified atom stereocenters. The highest BCUT2D eigenvalue weighted by Crippen LogP contribution is 2.44. The Morgan fingerprint density at radius 3 is 1.23 bits per heavy atom. The lowest BCUT2D eigenvalue weighted by Gasteiger charge is -2.41. The predicted octanol–water partition coefficient (Wildman–Crippen LogP) is 11.1. The van der Waals surface area contributed by atoms with Gasteiger partial charge in [0.2, 0.25) is 5.28 Å². The highest BCUT2D eigenvalue weighted by Gasteiger charge is 2.47. The maximum atomic E-state index is 12.1. The third-order valence-corrected chi connectivity index (χ3v) is 9.55. The smallest absolute Gasteiger partial charge is 0.314 e. The minimum absolute atomic E-state index is 0.517. The van der Waals surface area contributed by atoms with Crippen LogP contribution >= 0.6 is 7.68 Å². The van der Waals surface area contributed by atoms with E-state index in [0.29, 0.717) is 4.48 Å². The Hall–Kier alpha value is -0.400. The van der Waals surface area contributed by atoms with Gasteiger partial charge in [0, 0.05) is 12.8 Å². The molecule has 0 aliphatic rings. The summed E-state index contributed by atoms with van der Waals surface area (Å²) in [6.07, 6.45) is 34.1. The maximum Gasteiger partial charge on any atom is 0.378 e. The molecule has 0 aromatic heterocycles. The van der Waals surface area contributed by atoms with Gasteiger partial charge in [-0.3, -0.25) is 0 Å². The number of quaternary nitrogens is 1.